The minimum atomic E-state index is -0.605. The van der Waals surface area contributed by atoms with E-state index in [0.717, 1.165) is 32.1 Å². The van der Waals surface area contributed by atoms with Gasteiger partial charge in [-0.25, -0.2) is 0 Å². The SMILES string of the molecule is CN(C)C1(C(=O)O)CCCC12CCCC2. The van der Waals surface area contributed by atoms with Crippen LogP contribution in [0.3, 0.4) is 0 Å². The quantitative estimate of drug-likeness (QED) is 0.760. The third-order valence-corrected chi connectivity index (χ3v) is 4.75. The molecule has 0 amide bonds. The molecule has 3 nitrogen and oxygen atoms in total. The Hall–Kier alpha value is -0.570. The van der Waals surface area contributed by atoms with Gasteiger partial charge in [0.05, 0.1) is 0 Å². The van der Waals surface area contributed by atoms with E-state index in [9.17, 15) is 9.90 Å². The van der Waals surface area contributed by atoms with Crippen LogP contribution in [0.25, 0.3) is 0 Å². The molecule has 2 fully saturated rings. The molecule has 3 heteroatoms. The van der Waals surface area contributed by atoms with Crippen LogP contribution in [0.5, 0.6) is 0 Å². The van der Waals surface area contributed by atoms with Crippen LogP contribution >= 0.6 is 0 Å². The average molecular weight is 211 g/mol. The zero-order chi connectivity index (χ0) is 11.1. The Labute approximate surface area is 91.5 Å². The van der Waals surface area contributed by atoms with Gasteiger partial charge in [-0.2, -0.15) is 0 Å². The van der Waals surface area contributed by atoms with Crippen molar-refractivity contribution in [3.05, 3.63) is 0 Å². The van der Waals surface area contributed by atoms with E-state index in [1.165, 1.54) is 12.8 Å². The lowest BCUT2D eigenvalue weighted by Gasteiger charge is -2.45. The van der Waals surface area contributed by atoms with E-state index < -0.39 is 11.5 Å². The Bertz CT molecular complexity index is 263. The molecule has 0 aromatic rings. The minimum absolute atomic E-state index is 0.0718. The summed E-state index contributed by atoms with van der Waals surface area (Å²) in [5.41, 5.74) is -0.508. The van der Waals surface area contributed by atoms with Gasteiger partial charge in [-0.3, -0.25) is 9.69 Å². The Balaban J connectivity index is 2.41. The Kier molecular flexibility index (Phi) is 2.53. The molecule has 0 aliphatic heterocycles. The lowest BCUT2D eigenvalue weighted by atomic mass is 9.69. The largest absolute Gasteiger partial charge is 0.480 e. The summed E-state index contributed by atoms with van der Waals surface area (Å²) in [7, 11) is 3.86. The van der Waals surface area contributed by atoms with Gasteiger partial charge in [0.25, 0.3) is 0 Å². The fourth-order valence-corrected chi connectivity index (χ4v) is 4.09. The fraction of sp³-hybridized carbons (Fsp3) is 0.917. The monoisotopic (exact) mass is 211 g/mol. The minimum Gasteiger partial charge on any atom is -0.480 e. The van der Waals surface area contributed by atoms with Crippen LogP contribution in [-0.4, -0.2) is 35.6 Å². The molecule has 1 atom stereocenters. The van der Waals surface area contributed by atoms with Gasteiger partial charge in [-0.15, -0.1) is 0 Å². The van der Waals surface area contributed by atoms with Gasteiger partial charge in [0.15, 0.2) is 0 Å². The molecule has 2 saturated carbocycles. The predicted octanol–water partition coefficient (Wildman–Crippen LogP) is 2.12. The summed E-state index contributed by atoms with van der Waals surface area (Å²) in [4.78, 5) is 13.7. The summed E-state index contributed by atoms with van der Waals surface area (Å²) in [6.45, 7) is 0. The van der Waals surface area contributed by atoms with E-state index in [0.29, 0.717) is 0 Å². The number of likely N-dealkylation sites (N-methyl/N-ethyl adjacent to an activating group) is 1. The Morgan fingerprint density at radius 3 is 2.07 bits per heavy atom. The molecule has 0 heterocycles. The molecule has 2 aliphatic carbocycles. The summed E-state index contributed by atoms with van der Waals surface area (Å²) >= 11 is 0. The number of rotatable bonds is 2. The van der Waals surface area contributed by atoms with Crippen LogP contribution in [0.1, 0.15) is 44.9 Å². The summed E-state index contributed by atoms with van der Waals surface area (Å²) in [6.07, 6.45) is 7.65. The van der Waals surface area contributed by atoms with Crippen LogP contribution < -0.4 is 0 Å². The number of hydrogen-bond donors (Lipinski definition) is 1. The van der Waals surface area contributed by atoms with E-state index >= 15 is 0 Å². The second-order valence-corrected chi connectivity index (χ2v) is 5.40. The summed E-state index contributed by atoms with van der Waals surface area (Å²) in [5.74, 6) is -0.605. The summed E-state index contributed by atoms with van der Waals surface area (Å²) in [6, 6.07) is 0. The highest BCUT2D eigenvalue weighted by molar-refractivity contribution is 5.80. The molecule has 0 saturated heterocycles. The zero-order valence-corrected chi connectivity index (χ0v) is 9.75. The Morgan fingerprint density at radius 1 is 1.07 bits per heavy atom. The average Bonchev–Trinajstić information content (AvgIpc) is 2.75. The highest BCUT2D eigenvalue weighted by atomic mass is 16.4. The van der Waals surface area contributed by atoms with Gasteiger partial charge in [0, 0.05) is 0 Å². The third kappa shape index (κ3) is 1.25. The molecule has 2 aliphatic rings. The first-order chi connectivity index (χ1) is 7.05. The predicted molar refractivity (Wildman–Crippen MR) is 58.8 cm³/mol. The third-order valence-electron chi connectivity index (χ3n) is 4.75. The van der Waals surface area contributed by atoms with E-state index in [4.69, 9.17) is 0 Å². The van der Waals surface area contributed by atoms with Crippen LogP contribution in [0, 0.1) is 5.41 Å². The van der Waals surface area contributed by atoms with E-state index in [1.54, 1.807) is 0 Å². The lowest BCUT2D eigenvalue weighted by Crippen LogP contribution is -2.59. The van der Waals surface area contributed by atoms with Gasteiger partial charge in [-0.05, 0) is 45.2 Å². The van der Waals surface area contributed by atoms with Crippen molar-refractivity contribution in [2.45, 2.75) is 50.5 Å². The highest BCUT2D eigenvalue weighted by Gasteiger charge is 2.61. The second-order valence-electron chi connectivity index (χ2n) is 5.40. The van der Waals surface area contributed by atoms with Crippen molar-refractivity contribution in [3.8, 4) is 0 Å². The molecule has 0 radical (unpaired) electrons. The van der Waals surface area contributed by atoms with Crippen molar-refractivity contribution in [3.63, 3.8) is 0 Å². The number of carbonyl (C=O) groups is 1. The van der Waals surface area contributed by atoms with E-state index in [1.807, 2.05) is 19.0 Å². The van der Waals surface area contributed by atoms with Crippen molar-refractivity contribution >= 4 is 5.97 Å². The maximum absolute atomic E-state index is 11.7. The van der Waals surface area contributed by atoms with Gasteiger partial charge in [-0.1, -0.05) is 19.3 Å². The summed E-state index contributed by atoms with van der Waals surface area (Å²) in [5, 5.41) is 9.62. The summed E-state index contributed by atoms with van der Waals surface area (Å²) < 4.78 is 0. The number of nitrogens with zero attached hydrogens (tertiary/aromatic N) is 1. The first-order valence-corrected chi connectivity index (χ1v) is 5.96. The van der Waals surface area contributed by atoms with Crippen molar-refractivity contribution in [1.29, 1.82) is 0 Å². The second kappa shape index (κ2) is 3.48. The molecular weight excluding hydrogens is 190 g/mol. The van der Waals surface area contributed by atoms with Gasteiger partial charge < -0.3 is 5.11 Å². The van der Waals surface area contributed by atoms with Crippen molar-refractivity contribution in [1.82, 2.24) is 4.90 Å². The van der Waals surface area contributed by atoms with Crippen LogP contribution in [0.4, 0.5) is 0 Å². The molecule has 2 rings (SSSR count). The number of aliphatic carboxylic acids is 1. The molecule has 1 unspecified atom stereocenters. The fourth-order valence-electron chi connectivity index (χ4n) is 4.09. The molecular formula is C12H21NO2. The highest BCUT2D eigenvalue weighted by Crippen LogP contribution is 2.58. The zero-order valence-electron chi connectivity index (χ0n) is 9.75. The van der Waals surface area contributed by atoms with Crippen molar-refractivity contribution in [2.75, 3.05) is 14.1 Å². The van der Waals surface area contributed by atoms with Gasteiger partial charge >= 0.3 is 5.97 Å². The lowest BCUT2D eigenvalue weighted by molar-refractivity contribution is -0.157. The first-order valence-electron chi connectivity index (χ1n) is 5.96. The van der Waals surface area contributed by atoms with Crippen LogP contribution in [-0.2, 0) is 4.79 Å². The topological polar surface area (TPSA) is 40.5 Å². The molecule has 15 heavy (non-hydrogen) atoms. The van der Waals surface area contributed by atoms with Crippen molar-refractivity contribution in [2.24, 2.45) is 5.41 Å². The molecule has 0 aromatic carbocycles. The van der Waals surface area contributed by atoms with E-state index in [-0.39, 0.29) is 5.41 Å². The van der Waals surface area contributed by atoms with E-state index in [2.05, 4.69) is 0 Å². The number of carboxylic acid groups (broad SMARTS) is 1. The molecule has 86 valence electrons. The molecule has 0 aromatic heterocycles. The molecule has 1 N–H and O–H groups in total. The van der Waals surface area contributed by atoms with Gasteiger partial charge in [0.1, 0.15) is 5.54 Å². The van der Waals surface area contributed by atoms with Crippen LogP contribution in [0.15, 0.2) is 0 Å². The smallest absolute Gasteiger partial charge is 0.324 e. The standard InChI is InChI=1S/C12H21NO2/c1-13(2)12(10(14)15)9-5-8-11(12)6-3-4-7-11/h3-9H2,1-2H3,(H,14,15). The number of hydrogen-bond acceptors (Lipinski definition) is 2. The molecule has 0 bridgehead atoms. The van der Waals surface area contributed by atoms with Crippen molar-refractivity contribution < 1.29 is 9.90 Å². The first kappa shape index (κ1) is 10.9. The normalized spacial score (nSPS) is 34.1. The Morgan fingerprint density at radius 2 is 1.60 bits per heavy atom. The van der Waals surface area contributed by atoms with Gasteiger partial charge in [0.2, 0.25) is 0 Å². The maximum Gasteiger partial charge on any atom is 0.324 e. The molecule has 1 spiro atoms. The van der Waals surface area contributed by atoms with Crippen LogP contribution in [0.2, 0.25) is 0 Å². The number of carboxylic acids is 1. The maximum atomic E-state index is 11.7.